The second-order valence-corrected chi connectivity index (χ2v) is 7.75. The lowest BCUT2D eigenvalue weighted by atomic mass is 10.0. The van der Waals surface area contributed by atoms with Gasteiger partial charge < -0.3 is 5.32 Å². The molecule has 1 rings (SSSR count). The number of hydrogen-bond acceptors (Lipinski definition) is 3. The van der Waals surface area contributed by atoms with E-state index in [0.717, 1.165) is 31.4 Å². The Balaban J connectivity index is 2.93. The summed E-state index contributed by atoms with van der Waals surface area (Å²) in [7, 11) is -3.06. The maximum Gasteiger partial charge on any atom is 0.154 e. The van der Waals surface area contributed by atoms with Crippen molar-refractivity contribution in [3.05, 3.63) is 35.9 Å². The van der Waals surface area contributed by atoms with Gasteiger partial charge in [0, 0.05) is 6.04 Å². The fourth-order valence-corrected chi connectivity index (χ4v) is 3.98. The van der Waals surface area contributed by atoms with Gasteiger partial charge in [0.05, 0.1) is 11.0 Å². The number of sulfone groups is 1. The maximum absolute atomic E-state index is 12.4. The molecule has 0 aliphatic carbocycles. The van der Waals surface area contributed by atoms with E-state index in [1.54, 1.807) is 0 Å². The van der Waals surface area contributed by atoms with E-state index in [2.05, 4.69) is 12.2 Å². The Morgan fingerprint density at radius 2 is 1.75 bits per heavy atom. The number of nitrogens with one attached hydrogen (secondary N) is 1. The summed E-state index contributed by atoms with van der Waals surface area (Å²) in [5.41, 5.74) is 1.05. The van der Waals surface area contributed by atoms with Crippen LogP contribution in [0, 0.1) is 0 Å². The molecule has 0 aliphatic rings. The lowest BCUT2D eigenvalue weighted by Crippen LogP contribution is -2.37. The van der Waals surface area contributed by atoms with E-state index < -0.39 is 15.1 Å². The van der Waals surface area contributed by atoms with Gasteiger partial charge in [-0.2, -0.15) is 0 Å². The van der Waals surface area contributed by atoms with Crippen LogP contribution in [0.15, 0.2) is 30.3 Å². The second-order valence-electron chi connectivity index (χ2n) is 5.27. The molecule has 2 unspecified atom stereocenters. The molecule has 0 bridgehead atoms. The van der Waals surface area contributed by atoms with E-state index in [1.807, 2.05) is 44.2 Å². The predicted octanol–water partition coefficient (Wildman–Crippen LogP) is 3.33. The highest BCUT2D eigenvalue weighted by Gasteiger charge is 2.29. The van der Waals surface area contributed by atoms with Crippen molar-refractivity contribution in [2.75, 3.05) is 12.3 Å². The molecule has 0 heterocycles. The topological polar surface area (TPSA) is 46.2 Å². The predicted molar refractivity (Wildman–Crippen MR) is 85.6 cm³/mol. The summed E-state index contributed by atoms with van der Waals surface area (Å²) in [5, 5.41) is 2.99. The molecule has 0 aliphatic heterocycles. The molecule has 1 aromatic carbocycles. The van der Waals surface area contributed by atoms with Gasteiger partial charge in [0.25, 0.3) is 0 Å². The van der Waals surface area contributed by atoms with E-state index in [4.69, 9.17) is 0 Å². The molecule has 0 aromatic heterocycles. The Morgan fingerprint density at radius 1 is 1.10 bits per heavy atom. The average Bonchev–Trinajstić information content (AvgIpc) is 2.46. The Morgan fingerprint density at radius 3 is 2.30 bits per heavy atom. The van der Waals surface area contributed by atoms with Crippen LogP contribution in [0.1, 0.15) is 51.6 Å². The number of benzene rings is 1. The van der Waals surface area contributed by atoms with E-state index in [-0.39, 0.29) is 11.8 Å². The zero-order valence-corrected chi connectivity index (χ0v) is 13.6. The monoisotopic (exact) mass is 297 g/mol. The Bertz CT molecular complexity index is 471. The summed E-state index contributed by atoms with van der Waals surface area (Å²) in [5.74, 6) is 0.280. The normalized spacial score (nSPS) is 14.9. The van der Waals surface area contributed by atoms with Gasteiger partial charge in [-0.15, -0.1) is 0 Å². The minimum atomic E-state index is -3.06. The van der Waals surface area contributed by atoms with Gasteiger partial charge in [-0.3, -0.25) is 0 Å². The third-order valence-electron chi connectivity index (χ3n) is 3.59. The minimum Gasteiger partial charge on any atom is -0.309 e. The van der Waals surface area contributed by atoms with Gasteiger partial charge in [0.15, 0.2) is 9.84 Å². The molecule has 20 heavy (non-hydrogen) atoms. The zero-order chi connectivity index (χ0) is 15.0. The van der Waals surface area contributed by atoms with Crippen molar-refractivity contribution in [2.24, 2.45) is 0 Å². The summed E-state index contributed by atoms with van der Waals surface area (Å²) in [6.45, 7) is 6.76. The van der Waals surface area contributed by atoms with Crippen molar-refractivity contribution in [1.29, 1.82) is 0 Å². The van der Waals surface area contributed by atoms with Crippen LogP contribution in [0.2, 0.25) is 0 Å². The lowest BCUT2D eigenvalue weighted by Gasteiger charge is -2.25. The van der Waals surface area contributed by atoms with Crippen molar-refractivity contribution >= 4 is 9.84 Å². The molecule has 114 valence electrons. The quantitative estimate of drug-likeness (QED) is 0.760. The van der Waals surface area contributed by atoms with Crippen molar-refractivity contribution in [1.82, 2.24) is 5.32 Å². The molecule has 0 radical (unpaired) electrons. The van der Waals surface area contributed by atoms with Crippen molar-refractivity contribution < 1.29 is 8.42 Å². The van der Waals surface area contributed by atoms with Crippen LogP contribution in [-0.4, -0.2) is 26.0 Å². The van der Waals surface area contributed by atoms with Gasteiger partial charge in [-0.25, -0.2) is 8.42 Å². The highest BCUT2D eigenvalue weighted by molar-refractivity contribution is 7.92. The van der Waals surface area contributed by atoms with E-state index in [9.17, 15) is 8.42 Å². The van der Waals surface area contributed by atoms with E-state index in [1.165, 1.54) is 0 Å². The molecular formula is C16H27NO2S. The Hall–Kier alpha value is -0.870. The standard InChI is InChI=1S/C16H27NO2S/c1-4-6-13-20(18,19)14(3)16(17-12-5-2)15-10-8-7-9-11-15/h7-11,14,16-17H,4-6,12-13H2,1-3H3. The third kappa shape index (κ3) is 4.91. The van der Waals surface area contributed by atoms with E-state index >= 15 is 0 Å². The molecule has 1 aromatic rings. The van der Waals surface area contributed by atoms with Crippen molar-refractivity contribution in [3.63, 3.8) is 0 Å². The van der Waals surface area contributed by atoms with Crippen molar-refractivity contribution in [3.8, 4) is 0 Å². The molecule has 0 saturated heterocycles. The largest absolute Gasteiger partial charge is 0.309 e. The van der Waals surface area contributed by atoms with Gasteiger partial charge >= 0.3 is 0 Å². The molecular weight excluding hydrogens is 270 g/mol. The minimum absolute atomic E-state index is 0.127. The summed E-state index contributed by atoms with van der Waals surface area (Å²) >= 11 is 0. The van der Waals surface area contributed by atoms with Gasteiger partial charge in [0.1, 0.15) is 0 Å². The first kappa shape index (κ1) is 17.2. The molecule has 0 saturated carbocycles. The molecule has 4 heteroatoms. The Labute approximate surface area is 123 Å². The van der Waals surface area contributed by atoms with Crippen LogP contribution >= 0.6 is 0 Å². The maximum atomic E-state index is 12.4. The van der Waals surface area contributed by atoms with Crippen LogP contribution < -0.4 is 5.32 Å². The smallest absolute Gasteiger partial charge is 0.154 e. The van der Waals surface area contributed by atoms with Crippen LogP contribution in [0.3, 0.4) is 0 Å². The summed E-state index contributed by atoms with van der Waals surface area (Å²) in [6, 6.07) is 9.75. The highest BCUT2D eigenvalue weighted by Crippen LogP contribution is 2.23. The van der Waals surface area contributed by atoms with Crippen molar-refractivity contribution in [2.45, 2.75) is 51.3 Å². The van der Waals surface area contributed by atoms with Crippen LogP contribution in [-0.2, 0) is 9.84 Å². The van der Waals surface area contributed by atoms with Gasteiger partial charge in [0.2, 0.25) is 0 Å². The average molecular weight is 297 g/mol. The number of hydrogen-bond donors (Lipinski definition) is 1. The first-order valence-corrected chi connectivity index (χ1v) is 9.24. The highest BCUT2D eigenvalue weighted by atomic mass is 32.2. The number of rotatable bonds is 9. The van der Waals surface area contributed by atoms with Crippen LogP contribution in [0.5, 0.6) is 0 Å². The molecule has 0 amide bonds. The molecule has 1 N–H and O–H groups in total. The van der Waals surface area contributed by atoms with E-state index in [0.29, 0.717) is 0 Å². The summed E-state index contributed by atoms with van der Waals surface area (Å²) in [4.78, 5) is 0. The zero-order valence-electron chi connectivity index (χ0n) is 12.8. The summed E-state index contributed by atoms with van der Waals surface area (Å²) < 4.78 is 24.9. The lowest BCUT2D eigenvalue weighted by molar-refractivity contribution is 0.497. The molecule has 2 atom stereocenters. The molecule has 3 nitrogen and oxygen atoms in total. The van der Waals surface area contributed by atoms with Crippen LogP contribution in [0.25, 0.3) is 0 Å². The summed E-state index contributed by atoms with van der Waals surface area (Å²) in [6.07, 6.45) is 2.64. The van der Waals surface area contributed by atoms with Crippen LogP contribution in [0.4, 0.5) is 0 Å². The SMILES string of the molecule is CCCCS(=O)(=O)C(C)C(NCCC)c1ccccc1. The van der Waals surface area contributed by atoms with Gasteiger partial charge in [-0.05, 0) is 31.9 Å². The second kappa shape index (κ2) is 8.42. The first-order chi connectivity index (χ1) is 9.53. The van der Waals surface area contributed by atoms with Gasteiger partial charge in [-0.1, -0.05) is 50.6 Å². The first-order valence-electron chi connectivity index (χ1n) is 7.52. The third-order valence-corrected chi connectivity index (χ3v) is 5.85. The fourth-order valence-electron chi connectivity index (χ4n) is 2.25. The molecule has 0 spiro atoms. The number of unbranched alkanes of at least 4 members (excludes halogenated alkanes) is 1. The molecule has 0 fully saturated rings. The Kier molecular flexibility index (Phi) is 7.24. The fraction of sp³-hybridized carbons (Fsp3) is 0.625.